The smallest absolute Gasteiger partial charge is 0.322 e. The predicted molar refractivity (Wildman–Crippen MR) is 70.8 cm³/mol. The molecule has 0 unspecified atom stereocenters. The monoisotopic (exact) mass is 297 g/mol. The summed E-state index contributed by atoms with van der Waals surface area (Å²) < 4.78 is 0. The van der Waals surface area contributed by atoms with Gasteiger partial charge in [0.2, 0.25) is 5.91 Å². The van der Waals surface area contributed by atoms with Crippen molar-refractivity contribution < 1.29 is 14.4 Å². The largest absolute Gasteiger partial charge is 0.350 e. The molecular formula is C11H15N5O3S. The van der Waals surface area contributed by atoms with Gasteiger partial charge in [-0.05, 0) is 12.8 Å². The second-order valence-electron chi connectivity index (χ2n) is 4.27. The number of hydrogen-bond acceptors (Lipinski definition) is 6. The third-order valence-corrected chi connectivity index (χ3v) is 3.83. The van der Waals surface area contributed by atoms with E-state index in [0.717, 1.165) is 16.4 Å². The van der Waals surface area contributed by atoms with Crippen LogP contribution in [0.1, 0.15) is 29.8 Å². The summed E-state index contributed by atoms with van der Waals surface area (Å²) in [5.41, 5.74) is 0. The van der Waals surface area contributed by atoms with E-state index in [1.165, 1.54) is 11.3 Å². The minimum atomic E-state index is -0.624. The average Bonchev–Trinajstić information content (AvgIpc) is 3.00. The van der Waals surface area contributed by atoms with Crippen LogP contribution in [0.2, 0.25) is 0 Å². The fraction of sp³-hybridized carbons (Fsp3) is 0.545. The molecule has 1 saturated heterocycles. The quantitative estimate of drug-likeness (QED) is 0.624. The van der Waals surface area contributed by atoms with Crippen molar-refractivity contribution >= 4 is 29.2 Å². The summed E-state index contributed by atoms with van der Waals surface area (Å²) in [6.07, 6.45) is 1.26. The van der Waals surface area contributed by atoms with Gasteiger partial charge in [0.05, 0.1) is 6.54 Å². The summed E-state index contributed by atoms with van der Waals surface area (Å²) >= 11 is 1.46. The van der Waals surface area contributed by atoms with Gasteiger partial charge in [-0.2, -0.15) is 0 Å². The molecule has 0 spiro atoms. The van der Waals surface area contributed by atoms with E-state index in [1.807, 2.05) is 6.92 Å². The van der Waals surface area contributed by atoms with E-state index in [2.05, 4.69) is 26.1 Å². The molecule has 2 rings (SSSR count). The highest BCUT2D eigenvalue weighted by atomic mass is 32.1. The lowest BCUT2D eigenvalue weighted by Gasteiger charge is -2.06. The molecule has 3 N–H and O–H groups in total. The first-order valence-corrected chi connectivity index (χ1v) is 7.09. The highest BCUT2D eigenvalue weighted by Gasteiger charge is 2.29. The highest BCUT2D eigenvalue weighted by Crippen LogP contribution is 2.09. The van der Waals surface area contributed by atoms with E-state index in [1.54, 1.807) is 0 Å². The van der Waals surface area contributed by atoms with Crippen molar-refractivity contribution in [3.8, 4) is 0 Å². The van der Waals surface area contributed by atoms with E-state index in [-0.39, 0.29) is 24.7 Å². The molecule has 1 fully saturated rings. The fourth-order valence-corrected chi connectivity index (χ4v) is 2.43. The summed E-state index contributed by atoms with van der Waals surface area (Å²) in [7, 11) is 0. The molecule has 0 aliphatic carbocycles. The zero-order valence-electron chi connectivity index (χ0n) is 10.9. The first kappa shape index (κ1) is 14.4. The van der Waals surface area contributed by atoms with Crippen LogP contribution < -0.4 is 16.0 Å². The van der Waals surface area contributed by atoms with Crippen LogP contribution in [0.4, 0.5) is 4.79 Å². The molecule has 1 aliphatic heterocycles. The SMILES string of the molecule is CCc1nnc(CNC(=O)CC[C@@H]2NC(=O)NC2=O)s1. The van der Waals surface area contributed by atoms with E-state index in [0.29, 0.717) is 6.54 Å². The Balaban J connectivity index is 1.70. The Kier molecular flexibility index (Phi) is 4.61. The lowest BCUT2D eigenvalue weighted by molar-refractivity contribution is -0.122. The normalized spacial score (nSPS) is 17.8. The minimum absolute atomic E-state index is 0.164. The van der Waals surface area contributed by atoms with Gasteiger partial charge in [-0.1, -0.05) is 18.3 Å². The molecule has 0 bridgehead atoms. The first-order valence-electron chi connectivity index (χ1n) is 6.27. The second-order valence-corrected chi connectivity index (χ2v) is 5.42. The Bertz CT molecular complexity index is 530. The number of aryl methyl sites for hydroxylation is 1. The van der Waals surface area contributed by atoms with Gasteiger partial charge in [-0.25, -0.2) is 4.79 Å². The molecule has 0 saturated carbocycles. The molecule has 1 atom stereocenters. The van der Waals surface area contributed by atoms with Crippen LogP contribution >= 0.6 is 11.3 Å². The Morgan fingerprint density at radius 3 is 2.70 bits per heavy atom. The Hall–Kier alpha value is -2.03. The lowest BCUT2D eigenvalue weighted by Crippen LogP contribution is -2.31. The number of rotatable bonds is 6. The third-order valence-electron chi connectivity index (χ3n) is 2.77. The van der Waals surface area contributed by atoms with Gasteiger partial charge in [0.15, 0.2) is 0 Å². The maximum absolute atomic E-state index is 11.6. The summed E-state index contributed by atoms with van der Waals surface area (Å²) in [6.45, 7) is 2.32. The fourth-order valence-electron chi connectivity index (χ4n) is 1.70. The number of amides is 4. The van der Waals surface area contributed by atoms with Crippen molar-refractivity contribution in [2.45, 2.75) is 38.8 Å². The second kappa shape index (κ2) is 6.42. The van der Waals surface area contributed by atoms with E-state index >= 15 is 0 Å². The number of hydrogen-bond donors (Lipinski definition) is 3. The summed E-state index contributed by atoms with van der Waals surface area (Å²) in [4.78, 5) is 33.8. The van der Waals surface area contributed by atoms with Crippen LogP contribution in [0.25, 0.3) is 0 Å². The third kappa shape index (κ3) is 3.73. The minimum Gasteiger partial charge on any atom is -0.350 e. The standard InChI is InChI=1S/C11H15N5O3S/c1-2-8-15-16-9(20-8)5-12-7(17)4-3-6-10(18)14-11(19)13-6/h6H,2-5H2,1H3,(H,12,17)(H2,13,14,18,19)/t6-/m0/s1. The van der Waals surface area contributed by atoms with Gasteiger partial charge in [0.1, 0.15) is 16.1 Å². The summed E-state index contributed by atoms with van der Waals surface area (Å²) in [5.74, 6) is -0.577. The van der Waals surface area contributed by atoms with Crippen LogP contribution in [0.5, 0.6) is 0 Å². The molecule has 1 aliphatic rings. The molecule has 108 valence electrons. The molecule has 20 heavy (non-hydrogen) atoms. The van der Waals surface area contributed by atoms with Crippen molar-refractivity contribution in [2.75, 3.05) is 0 Å². The Morgan fingerprint density at radius 2 is 2.10 bits per heavy atom. The molecule has 2 heterocycles. The number of carbonyl (C=O) groups excluding carboxylic acids is 3. The zero-order valence-corrected chi connectivity index (χ0v) is 11.7. The summed E-state index contributed by atoms with van der Waals surface area (Å²) in [5, 5.41) is 16.9. The van der Waals surface area contributed by atoms with Gasteiger partial charge in [0.25, 0.3) is 5.91 Å². The topological polar surface area (TPSA) is 113 Å². The van der Waals surface area contributed by atoms with E-state index in [9.17, 15) is 14.4 Å². The maximum atomic E-state index is 11.6. The predicted octanol–water partition coefficient (Wildman–Crippen LogP) is -0.295. The van der Waals surface area contributed by atoms with Gasteiger partial charge in [0, 0.05) is 6.42 Å². The Morgan fingerprint density at radius 1 is 1.35 bits per heavy atom. The van der Waals surface area contributed by atoms with Gasteiger partial charge >= 0.3 is 6.03 Å². The molecule has 0 aromatic carbocycles. The van der Waals surface area contributed by atoms with Crippen LogP contribution in [0.3, 0.4) is 0 Å². The molecule has 9 heteroatoms. The molecular weight excluding hydrogens is 282 g/mol. The van der Waals surface area contributed by atoms with Gasteiger partial charge in [-0.15, -0.1) is 10.2 Å². The number of urea groups is 1. The Labute approximate surface area is 119 Å². The zero-order chi connectivity index (χ0) is 14.5. The molecule has 0 radical (unpaired) electrons. The first-order chi connectivity index (χ1) is 9.58. The molecule has 4 amide bonds. The van der Waals surface area contributed by atoms with Crippen molar-refractivity contribution in [3.63, 3.8) is 0 Å². The lowest BCUT2D eigenvalue weighted by atomic mass is 10.1. The van der Waals surface area contributed by atoms with E-state index in [4.69, 9.17) is 0 Å². The number of nitrogens with zero attached hydrogens (tertiary/aromatic N) is 2. The number of imide groups is 1. The van der Waals surface area contributed by atoms with Crippen LogP contribution in [0, 0.1) is 0 Å². The van der Waals surface area contributed by atoms with Gasteiger partial charge < -0.3 is 10.6 Å². The van der Waals surface area contributed by atoms with E-state index < -0.39 is 12.1 Å². The van der Waals surface area contributed by atoms with Crippen LogP contribution in [-0.4, -0.2) is 34.1 Å². The van der Waals surface area contributed by atoms with Crippen molar-refractivity contribution in [3.05, 3.63) is 10.0 Å². The van der Waals surface area contributed by atoms with Crippen LogP contribution in [0.15, 0.2) is 0 Å². The van der Waals surface area contributed by atoms with Crippen molar-refractivity contribution in [2.24, 2.45) is 0 Å². The maximum Gasteiger partial charge on any atom is 0.322 e. The molecule has 1 aromatic rings. The number of nitrogens with one attached hydrogen (secondary N) is 3. The average molecular weight is 297 g/mol. The van der Waals surface area contributed by atoms with Crippen LogP contribution in [-0.2, 0) is 22.6 Å². The highest BCUT2D eigenvalue weighted by molar-refractivity contribution is 7.11. The molecule has 8 nitrogen and oxygen atoms in total. The van der Waals surface area contributed by atoms with Crippen molar-refractivity contribution in [1.82, 2.24) is 26.1 Å². The number of aromatic nitrogens is 2. The number of carbonyl (C=O) groups is 3. The summed E-state index contributed by atoms with van der Waals surface area (Å²) in [6, 6.07) is -1.14. The van der Waals surface area contributed by atoms with Gasteiger partial charge in [-0.3, -0.25) is 14.9 Å². The van der Waals surface area contributed by atoms with Crippen molar-refractivity contribution in [1.29, 1.82) is 0 Å². The molecule has 1 aromatic heterocycles.